The van der Waals surface area contributed by atoms with Crippen LogP contribution in [0, 0.1) is 5.92 Å². The van der Waals surface area contributed by atoms with Crippen molar-refractivity contribution in [2.75, 3.05) is 19.0 Å². The zero-order chi connectivity index (χ0) is 18.2. The van der Waals surface area contributed by atoms with E-state index in [0.29, 0.717) is 17.0 Å². The largest absolute Gasteiger partial charge is 0.497 e. The summed E-state index contributed by atoms with van der Waals surface area (Å²) in [7, 11) is 1.54. The van der Waals surface area contributed by atoms with Crippen molar-refractivity contribution in [2.24, 2.45) is 11.7 Å². The third-order valence-corrected chi connectivity index (χ3v) is 3.63. The maximum absolute atomic E-state index is 12.6. The number of benzene rings is 2. The number of rotatable bonds is 7. The second-order valence-electron chi connectivity index (χ2n) is 5.27. The Balaban J connectivity index is 2.20. The van der Waals surface area contributed by atoms with Gasteiger partial charge < -0.3 is 25.6 Å². The minimum absolute atomic E-state index is 0.497. The van der Waals surface area contributed by atoms with Crippen LogP contribution in [-0.4, -0.2) is 30.8 Å². The smallest absolute Gasteiger partial charge is 0.405 e. The molecule has 0 fully saturated rings. The number of aliphatic hydroxyl groups is 1. The first-order valence-corrected chi connectivity index (χ1v) is 7.62. The number of hydrogen-bond donors (Lipinski definition) is 3. The average molecular weight is 344 g/mol. The van der Waals surface area contributed by atoms with E-state index in [1.165, 1.54) is 0 Å². The van der Waals surface area contributed by atoms with E-state index in [9.17, 15) is 14.7 Å². The van der Waals surface area contributed by atoms with Gasteiger partial charge in [0.05, 0.1) is 13.7 Å². The van der Waals surface area contributed by atoms with E-state index in [2.05, 4.69) is 5.32 Å². The Morgan fingerprint density at radius 3 is 2.28 bits per heavy atom. The van der Waals surface area contributed by atoms with Gasteiger partial charge in [0.25, 0.3) is 0 Å². The predicted molar refractivity (Wildman–Crippen MR) is 92.1 cm³/mol. The molecule has 0 saturated carbocycles. The molecule has 0 radical (unpaired) electrons. The predicted octanol–water partition coefficient (Wildman–Crippen LogP) is 2.08. The quantitative estimate of drug-likeness (QED) is 0.712. The number of nitrogens with two attached hydrogens (primary N) is 1. The Labute approximate surface area is 145 Å². The molecule has 2 aromatic rings. The Hall–Kier alpha value is -3.06. The summed E-state index contributed by atoms with van der Waals surface area (Å²) in [5.74, 6) is -0.865. The second kappa shape index (κ2) is 8.70. The standard InChI is InChI=1S/C18H20N2O5/c1-24-14-9-7-13(8-10-14)20-17(22)15(11-21)16(25-18(19)23)12-5-3-2-4-6-12/h2-10,15-16,21H,11H2,1H3,(H2,19,23)(H,20,22)/t15-,16?/m1/s1. The molecule has 0 saturated heterocycles. The number of amides is 2. The molecule has 0 heterocycles. The molecule has 0 aromatic heterocycles. The van der Waals surface area contributed by atoms with Crippen LogP contribution in [0.4, 0.5) is 10.5 Å². The van der Waals surface area contributed by atoms with Crippen LogP contribution in [0.15, 0.2) is 54.6 Å². The van der Waals surface area contributed by atoms with Crippen molar-refractivity contribution in [1.29, 1.82) is 0 Å². The number of hydrogen-bond acceptors (Lipinski definition) is 5. The normalized spacial score (nSPS) is 12.7. The number of carbonyl (C=O) groups is 2. The highest BCUT2D eigenvalue weighted by Gasteiger charge is 2.32. The minimum Gasteiger partial charge on any atom is -0.497 e. The monoisotopic (exact) mass is 344 g/mol. The molecule has 1 unspecified atom stereocenters. The van der Waals surface area contributed by atoms with Crippen molar-refractivity contribution in [3.63, 3.8) is 0 Å². The van der Waals surface area contributed by atoms with Crippen LogP contribution in [0.5, 0.6) is 5.75 Å². The van der Waals surface area contributed by atoms with Crippen molar-refractivity contribution in [1.82, 2.24) is 0 Å². The summed E-state index contributed by atoms with van der Waals surface area (Å²) in [5.41, 5.74) is 6.20. The fourth-order valence-electron chi connectivity index (χ4n) is 2.38. The summed E-state index contributed by atoms with van der Waals surface area (Å²) in [6.45, 7) is -0.519. The summed E-state index contributed by atoms with van der Waals surface area (Å²) in [4.78, 5) is 23.8. The van der Waals surface area contributed by atoms with Crippen LogP contribution in [0.1, 0.15) is 11.7 Å². The first-order valence-electron chi connectivity index (χ1n) is 7.62. The summed E-state index contributed by atoms with van der Waals surface area (Å²) < 4.78 is 10.1. The van der Waals surface area contributed by atoms with E-state index in [1.807, 2.05) is 0 Å². The van der Waals surface area contributed by atoms with Gasteiger partial charge in [-0.1, -0.05) is 30.3 Å². The highest BCUT2D eigenvalue weighted by Crippen LogP contribution is 2.27. The number of methoxy groups -OCH3 is 1. The lowest BCUT2D eigenvalue weighted by molar-refractivity contribution is -0.125. The van der Waals surface area contributed by atoms with Gasteiger partial charge in [0.15, 0.2) is 0 Å². The van der Waals surface area contributed by atoms with E-state index in [-0.39, 0.29) is 0 Å². The SMILES string of the molecule is COc1ccc(NC(=O)[C@H](CO)C(OC(N)=O)c2ccccc2)cc1. The molecule has 25 heavy (non-hydrogen) atoms. The Bertz CT molecular complexity index is 703. The number of anilines is 1. The van der Waals surface area contributed by atoms with Crippen LogP contribution in [0.2, 0.25) is 0 Å². The third-order valence-electron chi connectivity index (χ3n) is 3.63. The molecule has 2 aromatic carbocycles. The Kier molecular flexibility index (Phi) is 6.36. The van der Waals surface area contributed by atoms with Gasteiger partial charge >= 0.3 is 6.09 Å². The number of aliphatic hydroxyl groups excluding tert-OH is 1. The van der Waals surface area contributed by atoms with Crippen molar-refractivity contribution in [3.05, 3.63) is 60.2 Å². The maximum Gasteiger partial charge on any atom is 0.405 e. The molecular weight excluding hydrogens is 324 g/mol. The molecule has 0 aliphatic rings. The number of nitrogens with one attached hydrogen (secondary N) is 1. The van der Waals surface area contributed by atoms with Crippen molar-refractivity contribution in [2.45, 2.75) is 6.10 Å². The molecule has 132 valence electrons. The zero-order valence-electron chi connectivity index (χ0n) is 13.7. The van der Waals surface area contributed by atoms with E-state index in [4.69, 9.17) is 15.2 Å². The molecule has 7 nitrogen and oxygen atoms in total. The molecule has 0 bridgehead atoms. The molecule has 7 heteroatoms. The fraction of sp³-hybridized carbons (Fsp3) is 0.222. The second-order valence-corrected chi connectivity index (χ2v) is 5.27. The van der Waals surface area contributed by atoms with Crippen LogP contribution < -0.4 is 15.8 Å². The van der Waals surface area contributed by atoms with Gasteiger partial charge in [-0.25, -0.2) is 4.79 Å². The number of carbonyl (C=O) groups excluding carboxylic acids is 2. The van der Waals surface area contributed by atoms with Crippen LogP contribution in [-0.2, 0) is 9.53 Å². The Morgan fingerprint density at radius 2 is 1.76 bits per heavy atom. The number of primary amides is 1. The molecule has 2 amide bonds. The van der Waals surface area contributed by atoms with Gasteiger partial charge in [0, 0.05) is 5.69 Å². The maximum atomic E-state index is 12.6. The lowest BCUT2D eigenvalue weighted by Gasteiger charge is -2.24. The van der Waals surface area contributed by atoms with E-state index < -0.39 is 30.6 Å². The Morgan fingerprint density at radius 1 is 1.12 bits per heavy atom. The first kappa shape index (κ1) is 18.3. The van der Waals surface area contributed by atoms with Gasteiger partial charge in [0.2, 0.25) is 5.91 Å². The first-order chi connectivity index (χ1) is 12.0. The minimum atomic E-state index is -1.02. The van der Waals surface area contributed by atoms with Crippen LogP contribution in [0.25, 0.3) is 0 Å². The highest BCUT2D eigenvalue weighted by molar-refractivity contribution is 5.93. The van der Waals surface area contributed by atoms with Crippen LogP contribution >= 0.6 is 0 Å². The van der Waals surface area contributed by atoms with Crippen molar-refractivity contribution < 1.29 is 24.2 Å². The molecule has 0 aliphatic carbocycles. The molecule has 4 N–H and O–H groups in total. The summed E-state index contributed by atoms with van der Waals surface area (Å²) in [6.07, 6.45) is -2.02. The molecule has 0 aliphatic heterocycles. The van der Waals surface area contributed by atoms with Crippen molar-refractivity contribution >= 4 is 17.7 Å². The lowest BCUT2D eigenvalue weighted by atomic mass is 9.95. The third kappa shape index (κ3) is 4.95. The zero-order valence-corrected chi connectivity index (χ0v) is 13.7. The molecule has 0 spiro atoms. The van der Waals surface area contributed by atoms with Gasteiger partial charge in [-0.3, -0.25) is 4.79 Å². The summed E-state index contributed by atoms with van der Waals surface area (Å²) >= 11 is 0. The van der Waals surface area contributed by atoms with Crippen molar-refractivity contribution in [3.8, 4) is 5.75 Å². The van der Waals surface area contributed by atoms with Gasteiger partial charge in [-0.05, 0) is 29.8 Å². The molecule has 2 rings (SSSR count). The average Bonchev–Trinajstić information content (AvgIpc) is 2.62. The van der Waals surface area contributed by atoms with E-state index >= 15 is 0 Å². The lowest BCUT2D eigenvalue weighted by Crippen LogP contribution is -2.34. The van der Waals surface area contributed by atoms with Crippen LogP contribution in [0.3, 0.4) is 0 Å². The summed E-state index contributed by atoms with van der Waals surface area (Å²) in [6, 6.07) is 15.4. The summed E-state index contributed by atoms with van der Waals surface area (Å²) in [5, 5.41) is 12.4. The molecule has 2 atom stereocenters. The van der Waals surface area contributed by atoms with E-state index in [1.54, 1.807) is 61.7 Å². The van der Waals surface area contributed by atoms with Gasteiger partial charge in [-0.15, -0.1) is 0 Å². The number of ether oxygens (including phenoxy) is 2. The fourth-order valence-corrected chi connectivity index (χ4v) is 2.38. The van der Waals surface area contributed by atoms with Gasteiger partial charge in [0.1, 0.15) is 17.8 Å². The van der Waals surface area contributed by atoms with E-state index in [0.717, 1.165) is 0 Å². The highest BCUT2D eigenvalue weighted by atomic mass is 16.6. The topological polar surface area (TPSA) is 111 Å². The van der Waals surface area contributed by atoms with Gasteiger partial charge in [-0.2, -0.15) is 0 Å². The molecular formula is C18H20N2O5.